The highest BCUT2D eigenvalue weighted by molar-refractivity contribution is 6.01. The van der Waals surface area contributed by atoms with Gasteiger partial charge in [0, 0.05) is 29.6 Å². The molecule has 3 nitrogen and oxygen atoms in total. The minimum atomic E-state index is -0.608. The predicted molar refractivity (Wildman–Crippen MR) is 117 cm³/mol. The Labute approximate surface area is 181 Å². The quantitative estimate of drug-likeness (QED) is 0.624. The second-order valence-electron chi connectivity index (χ2n) is 8.28. The van der Waals surface area contributed by atoms with Gasteiger partial charge in [-0.15, -0.1) is 0 Å². The Balaban J connectivity index is 1.63. The fraction of sp³-hybridized carbons (Fsp3) is 0.269. The first-order valence-electron chi connectivity index (χ1n) is 10.5. The van der Waals surface area contributed by atoms with E-state index in [0.29, 0.717) is 54.6 Å². The van der Waals surface area contributed by atoms with Crippen molar-refractivity contribution in [2.24, 2.45) is 5.41 Å². The Morgan fingerprint density at radius 2 is 1.55 bits per heavy atom. The van der Waals surface area contributed by atoms with Gasteiger partial charge in [-0.05, 0) is 48.6 Å². The van der Waals surface area contributed by atoms with Gasteiger partial charge in [-0.25, -0.2) is 8.78 Å². The number of aliphatic hydroxyl groups is 1. The average Bonchev–Trinajstić information content (AvgIpc) is 2.81. The van der Waals surface area contributed by atoms with Crippen molar-refractivity contribution in [3.05, 3.63) is 95.6 Å². The molecule has 1 saturated heterocycles. The van der Waals surface area contributed by atoms with Gasteiger partial charge in [0.2, 0.25) is 0 Å². The van der Waals surface area contributed by atoms with Gasteiger partial charge in [0.25, 0.3) is 5.91 Å². The number of carbonyl (C=O) groups excluding carboxylic acids is 1. The molecule has 1 aliphatic heterocycles. The van der Waals surface area contributed by atoms with E-state index in [1.54, 1.807) is 65.6 Å². The molecule has 1 aliphatic rings. The molecule has 1 atom stereocenters. The first-order valence-corrected chi connectivity index (χ1v) is 10.5. The summed E-state index contributed by atoms with van der Waals surface area (Å²) in [6, 6.07) is 19.9. The number of nitrogens with zero attached hydrogens (tertiary/aromatic N) is 1. The third-order valence-electron chi connectivity index (χ3n) is 6.13. The fourth-order valence-corrected chi connectivity index (χ4v) is 4.51. The lowest BCUT2D eigenvalue weighted by atomic mass is 9.75. The van der Waals surface area contributed by atoms with Crippen LogP contribution in [0, 0.1) is 17.0 Å². The monoisotopic (exact) mass is 421 g/mol. The molecule has 4 rings (SSSR count). The van der Waals surface area contributed by atoms with Gasteiger partial charge >= 0.3 is 0 Å². The number of rotatable bonds is 5. The van der Waals surface area contributed by atoms with Gasteiger partial charge in [0.05, 0.1) is 6.61 Å². The molecule has 0 spiro atoms. The van der Waals surface area contributed by atoms with Gasteiger partial charge in [-0.2, -0.15) is 0 Å². The fourth-order valence-electron chi connectivity index (χ4n) is 4.51. The first-order chi connectivity index (χ1) is 15.0. The van der Waals surface area contributed by atoms with E-state index in [1.165, 1.54) is 12.1 Å². The molecule has 0 aliphatic carbocycles. The number of aliphatic hydroxyl groups excluding tert-OH is 1. The lowest BCUT2D eigenvalue weighted by Gasteiger charge is -2.42. The minimum Gasteiger partial charge on any atom is -0.396 e. The van der Waals surface area contributed by atoms with Crippen molar-refractivity contribution in [2.45, 2.75) is 19.3 Å². The molecule has 1 fully saturated rings. The lowest BCUT2D eigenvalue weighted by Crippen LogP contribution is -2.49. The zero-order valence-corrected chi connectivity index (χ0v) is 17.2. The number of hydrogen-bond acceptors (Lipinski definition) is 2. The Bertz CT molecular complexity index is 1080. The standard InChI is InChI=1S/C26H25F2NO2/c27-23-12-5-1-8-19(23)16-26(18-30)14-7-15-29(17-26)25(31)22-11-3-2-9-20(22)21-10-4-6-13-24(21)28/h1-6,8-13,30H,7,14-18H2. The summed E-state index contributed by atoms with van der Waals surface area (Å²) >= 11 is 0. The topological polar surface area (TPSA) is 40.5 Å². The van der Waals surface area contributed by atoms with Crippen LogP contribution < -0.4 is 0 Å². The van der Waals surface area contributed by atoms with E-state index >= 15 is 0 Å². The molecule has 160 valence electrons. The first kappa shape index (κ1) is 21.2. The summed E-state index contributed by atoms with van der Waals surface area (Å²) in [4.78, 5) is 15.2. The molecule has 1 unspecified atom stereocenters. The van der Waals surface area contributed by atoms with Crippen molar-refractivity contribution in [3.63, 3.8) is 0 Å². The van der Waals surface area contributed by atoms with Crippen molar-refractivity contribution in [2.75, 3.05) is 19.7 Å². The van der Waals surface area contributed by atoms with E-state index in [4.69, 9.17) is 0 Å². The number of hydrogen-bond donors (Lipinski definition) is 1. The number of amides is 1. The van der Waals surface area contributed by atoms with Crippen LogP contribution in [0.4, 0.5) is 8.78 Å². The van der Waals surface area contributed by atoms with Crippen LogP contribution in [0.15, 0.2) is 72.8 Å². The van der Waals surface area contributed by atoms with Crippen LogP contribution in [-0.2, 0) is 6.42 Å². The summed E-state index contributed by atoms with van der Waals surface area (Å²) < 4.78 is 28.7. The maximum Gasteiger partial charge on any atom is 0.254 e. The highest BCUT2D eigenvalue weighted by Gasteiger charge is 2.38. The van der Waals surface area contributed by atoms with E-state index in [1.807, 2.05) is 0 Å². The maximum atomic E-state index is 14.4. The van der Waals surface area contributed by atoms with Crippen molar-refractivity contribution < 1.29 is 18.7 Å². The van der Waals surface area contributed by atoms with Crippen LogP contribution in [0.5, 0.6) is 0 Å². The van der Waals surface area contributed by atoms with Gasteiger partial charge in [0.15, 0.2) is 0 Å². The van der Waals surface area contributed by atoms with E-state index in [0.717, 1.165) is 0 Å². The van der Waals surface area contributed by atoms with Gasteiger partial charge < -0.3 is 10.0 Å². The molecule has 3 aromatic carbocycles. The van der Waals surface area contributed by atoms with Crippen LogP contribution >= 0.6 is 0 Å². The molecule has 0 radical (unpaired) electrons. The average molecular weight is 421 g/mol. The number of carbonyl (C=O) groups is 1. The second kappa shape index (κ2) is 8.98. The van der Waals surface area contributed by atoms with Gasteiger partial charge in [0.1, 0.15) is 11.6 Å². The van der Waals surface area contributed by atoms with Crippen LogP contribution in [0.1, 0.15) is 28.8 Å². The van der Waals surface area contributed by atoms with E-state index < -0.39 is 5.41 Å². The van der Waals surface area contributed by atoms with Crippen LogP contribution in [0.2, 0.25) is 0 Å². The number of piperidine rings is 1. The third-order valence-corrected chi connectivity index (χ3v) is 6.13. The summed E-state index contributed by atoms with van der Waals surface area (Å²) in [5, 5.41) is 10.2. The Kier molecular flexibility index (Phi) is 6.14. The Hall–Kier alpha value is -3.05. The number of benzene rings is 3. The van der Waals surface area contributed by atoms with Crippen molar-refractivity contribution in [3.8, 4) is 11.1 Å². The SMILES string of the molecule is O=C(c1ccccc1-c1ccccc1F)N1CCCC(CO)(Cc2ccccc2F)C1. The smallest absolute Gasteiger partial charge is 0.254 e. The van der Waals surface area contributed by atoms with E-state index in [-0.39, 0.29) is 24.1 Å². The highest BCUT2D eigenvalue weighted by atomic mass is 19.1. The molecular formula is C26H25F2NO2. The molecule has 31 heavy (non-hydrogen) atoms. The molecule has 1 N–H and O–H groups in total. The second-order valence-corrected chi connectivity index (χ2v) is 8.28. The van der Waals surface area contributed by atoms with Gasteiger partial charge in [-0.3, -0.25) is 4.79 Å². The van der Waals surface area contributed by atoms with Crippen molar-refractivity contribution in [1.29, 1.82) is 0 Å². The Morgan fingerprint density at radius 3 is 2.26 bits per heavy atom. The molecule has 3 aromatic rings. The van der Waals surface area contributed by atoms with E-state index in [2.05, 4.69) is 0 Å². The Morgan fingerprint density at radius 1 is 0.903 bits per heavy atom. The van der Waals surface area contributed by atoms with Gasteiger partial charge in [-0.1, -0.05) is 54.6 Å². The van der Waals surface area contributed by atoms with Crippen molar-refractivity contribution in [1.82, 2.24) is 4.90 Å². The number of likely N-dealkylation sites (tertiary alicyclic amines) is 1. The number of halogens is 2. The summed E-state index contributed by atoms with van der Waals surface area (Å²) in [5.41, 5.74) is 1.27. The normalized spacial score (nSPS) is 18.7. The zero-order valence-electron chi connectivity index (χ0n) is 17.2. The van der Waals surface area contributed by atoms with Crippen LogP contribution in [-0.4, -0.2) is 35.6 Å². The maximum absolute atomic E-state index is 14.4. The third kappa shape index (κ3) is 4.37. The summed E-state index contributed by atoms with van der Waals surface area (Å²) in [6.45, 7) is 0.728. The van der Waals surface area contributed by atoms with E-state index in [9.17, 15) is 18.7 Å². The van der Waals surface area contributed by atoms with Crippen LogP contribution in [0.3, 0.4) is 0 Å². The molecule has 0 saturated carbocycles. The summed E-state index contributed by atoms with van der Waals surface area (Å²) in [5.74, 6) is -0.890. The largest absolute Gasteiger partial charge is 0.396 e. The molecule has 1 amide bonds. The molecular weight excluding hydrogens is 396 g/mol. The van der Waals surface area contributed by atoms with Crippen LogP contribution in [0.25, 0.3) is 11.1 Å². The molecule has 1 heterocycles. The summed E-state index contributed by atoms with van der Waals surface area (Å²) in [7, 11) is 0. The zero-order chi connectivity index (χ0) is 21.8. The lowest BCUT2D eigenvalue weighted by molar-refractivity contribution is 0.0268. The van der Waals surface area contributed by atoms with Crippen molar-refractivity contribution >= 4 is 5.91 Å². The molecule has 0 bridgehead atoms. The highest BCUT2D eigenvalue weighted by Crippen LogP contribution is 2.36. The molecule has 5 heteroatoms. The predicted octanol–water partition coefficient (Wildman–Crippen LogP) is 5.09. The molecule has 0 aromatic heterocycles. The summed E-state index contributed by atoms with van der Waals surface area (Å²) in [6.07, 6.45) is 1.77. The minimum absolute atomic E-state index is 0.139.